The SMILES string of the molecule is CCCOc1nc(N(C)C(C)Cc2cccs2)ccc1N. The number of hydrogen-bond donors (Lipinski definition) is 1. The molecule has 2 aromatic rings. The Bertz CT molecular complexity index is 557. The Hall–Kier alpha value is -1.75. The largest absolute Gasteiger partial charge is 0.476 e. The number of thiophene rings is 1. The van der Waals surface area contributed by atoms with Crippen LogP contribution in [0.25, 0.3) is 0 Å². The van der Waals surface area contributed by atoms with Crippen molar-refractivity contribution in [2.45, 2.75) is 32.7 Å². The summed E-state index contributed by atoms with van der Waals surface area (Å²) in [6, 6.07) is 8.42. The van der Waals surface area contributed by atoms with Crippen molar-refractivity contribution in [2.75, 3.05) is 24.3 Å². The van der Waals surface area contributed by atoms with E-state index in [1.807, 2.05) is 12.1 Å². The van der Waals surface area contributed by atoms with E-state index in [0.29, 0.717) is 24.2 Å². The summed E-state index contributed by atoms with van der Waals surface area (Å²) in [4.78, 5) is 8.09. The van der Waals surface area contributed by atoms with Gasteiger partial charge in [-0.15, -0.1) is 11.3 Å². The molecule has 0 radical (unpaired) electrons. The van der Waals surface area contributed by atoms with Crippen LogP contribution in [0.4, 0.5) is 11.5 Å². The molecule has 0 fully saturated rings. The van der Waals surface area contributed by atoms with Gasteiger partial charge in [0.25, 0.3) is 0 Å². The Balaban J connectivity index is 2.08. The Morgan fingerprint density at radius 2 is 2.19 bits per heavy atom. The topological polar surface area (TPSA) is 51.4 Å². The van der Waals surface area contributed by atoms with E-state index in [1.54, 1.807) is 11.3 Å². The average Bonchev–Trinajstić information content (AvgIpc) is 2.98. The summed E-state index contributed by atoms with van der Waals surface area (Å²) >= 11 is 1.79. The molecule has 2 heterocycles. The number of hydrogen-bond acceptors (Lipinski definition) is 5. The minimum Gasteiger partial charge on any atom is -0.476 e. The summed E-state index contributed by atoms with van der Waals surface area (Å²) < 4.78 is 5.60. The van der Waals surface area contributed by atoms with Crippen LogP contribution in [0.2, 0.25) is 0 Å². The molecule has 0 aliphatic heterocycles. The van der Waals surface area contributed by atoms with E-state index in [0.717, 1.165) is 18.7 Å². The summed E-state index contributed by atoms with van der Waals surface area (Å²) in [6.45, 7) is 4.90. The number of anilines is 2. The van der Waals surface area contributed by atoms with Crippen LogP contribution in [-0.4, -0.2) is 24.7 Å². The van der Waals surface area contributed by atoms with Crippen LogP contribution < -0.4 is 15.4 Å². The first kappa shape index (κ1) is 15.6. The minimum atomic E-state index is 0.360. The standard InChI is InChI=1S/C16H23N3OS/c1-4-9-20-16-14(17)7-8-15(18-16)19(3)12(2)11-13-6-5-10-21-13/h5-8,10,12H,4,9,11,17H2,1-3H3. The molecule has 4 nitrogen and oxygen atoms in total. The number of pyridine rings is 1. The maximum atomic E-state index is 5.91. The van der Waals surface area contributed by atoms with Gasteiger partial charge >= 0.3 is 0 Å². The second kappa shape index (κ2) is 7.31. The molecule has 1 unspecified atom stereocenters. The second-order valence-corrected chi connectivity index (χ2v) is 6.19. The smallest absolute Gasteiger partial charge is 0.239 e. The quantitative estimate of drug-likeness (QED) is 0.849. The summed E-state index contributed by atoms with van der Waals surface area (Å²) in [5.74, 6) is 1.42. The third-order valence-corrected chi connectivity index (χ3v) is 4.32. The fraction of sp³-hybridized carbons (Fsp3) is 0.438. The maximum Gasteiger partial charge on any atom is 0.239 e. The zero-order chi connectivity index (χ0) is 15.2. The van der Waals surface area contributed by atoms with Gasteiger partial charge in [0.1, 0.15) is 5.82 Å². The van der Waals surface area contributed by atoms with Crippen LogP contribution in [0.1, 0.15) is 25.1 Å². The maximum absolute atomic E-state index is 5.91. The molecule has 0 aliphatic rings. The first-order chi connectivity index (χ1) is 10.1. The van der Waals surface area contributed by atoms with E-state index >= 15 is 0 Å². The van der Waals surface area contributed by atoms with Crippen molar-refractivity contribution in [3.05, 3.63) is 34.5 Å². The molecule has 5 heteroatoms. The summed E-state index contributed by atoms with van der Waals surface area (Å²) in [5, 5.41) is 2.11. The summed E-state index contributed by atoms with van der Waals surface area (Å²) in [6.07, 6.45) is 1.95. The number of rotatable bonds is 7. The molecule has 0 aromatic carbocycles. The number of nitrogens with two attached hydrogens (primary N) is 1. The van der Waals surface area contributed by atoms with Crippen LogP contribution in [0.5, 0.6) is 5.88 Å². The third kappa shape index (κ3) is 4.11. The Kier molecular flexibility index (Phi) is 5.44. The molecule has 0 bridgehead atoms. The van der Waals surface area contributed by atoms with Gasteiger partial charge in [0, 0.05) is 24.4 Å². The first-order valence-corrected chi connectivity index (χ1v) is 8.14. The van der Waals surface area contributed by atoms with Crippen molar-refractivity contribution < 1.29 is 4.74 Å². The number of nitrogens with zero attached hydrogens (tertiary/aromatic N) is 2. The van der Waals surface area contributed by atoms with Gasteiger partial charge in [0.05, 0.1) is 12.3 Å². The molecule has 21 heavy (non-hydrogen) atoms. The zero-order valence-electron chi connectivity index (χ0n) is 12.9. The van der Waals surface area contributed by atoms with Crippen LogP contribution in [0, 0.1) is 0 Å². The Labute approximate surface area is 130 Å². The predicted octanol–water partition coefficient (Wildman–Crippen LogP) is 3.58. The van der Waals surface area contributed by atoms with Crippen molar-refractivity contribution in [3.63, 3.8) is 0 Å². The number of aromatic nitrogens is 1. The van der Waals surface area contributed by atoms with E-state index in [2.05, 4.69) is 48.3 Å². The lowest BCUT2D eigenvalue weighted by molar-refractivity contribution is 0.307. The fourth-order valence-electron chi connectivity index (χ4n) is 2.03. The number of likely N-dealkylation sites (N-methyl/N-ethyl adjacent to an activating group) is 1. The van der Waals surface area contributed by atoms with Gasteiger partial charge in [0.2, 0.25) is 5.88 Å². The lowest BCUT2D eigenvalue weighted by Gasteiger charge is -2.26. The molecule has 114 valence electrons. The van der Waals surface area contributed by atoms with Gasteiger partial charge in [0.15, 0.2) is 0 Å². The van der Waals surface area contributed by atoms with Gasteiger partial charge in [-0.05, 0) is 36.9 Å². The normalized spacial score (nSPS) is 12.1. The highest BCUT2D eigenvalue weighted by atomic mass is 32.1. The molecule has 2 rings (SSSR count). The molecule has 0 amide bonds. The highest BCUT2D eigenvalue weighted by Crippen LogP contribution is 2.24. The van der Waals surface area contributed by atoms with E-state index in [4.69, 9.17) is 10.5 Å². The number of nitrogen functional groups attached to an aromatic ring is 1. The summed E-state index contributed by atoms with van der Waals surface area (Å²) in [7, 11) is 2.06. The lowest BCUT2D eigenvalue weighted by atomic mass is 10.2. The van der Waals surface area contributed by atoms with E-state index in [1.165, 1.54) is 4.88 Å². The Morgan fingerprint density at radius 3 is 2.86 bits per heavy atom. The van der Waals surface area contributed by atoms with Crippen LogP contribution >= 0.6 is 11.3 Å². The molecule has 0 saturated carbocycles. The third-order valence-electron chi connectivity index (χ3n) is 3.42. The molecule has 2 aromatic heterocycles. The van der Waals surface area contributed by atoms with Gasteiger partial charge in [-0.2, -0.15) is 4.98 Å². The number of ether oxygens (including phenoxy) is 1. The molecule has 0 spiro atoms. The van der Waals surface area contributed by atoms with E-state index < -0.39 is 0 Å². The molecule has 1 atom stereocenters. The van der Waals surface area contributed by atoms with Crippen molar-refractivity contribution >= 4 is 22.8 Å². The highest BCUT2D eigenvalue weighted by molar-refractivity contribution is 7.09. The molecular weight excluding hydrogens is 282 g/mol. The zero-order valence-corrected chi connectivity index (χ0v) is 13.7. The van der Waals surface area contributed by atoms with E-state index in [-0.39, 0.29) is 0 Å². The molecule has 0 saturated heterocycles. The Morgan fingerprint density at radius 1 is 1.38 bits per heavy atom. The minimum absolute atomic E-state index is 0.360. The second-order valence-electron chi connectivity index (χ2n) is 5.16. The fourth-order valence-corrected chi connectivity index (χ4v) is 2.86. The molecular formula is C16H23N3OS. The van der Waals surface area contributed by atoms with Gasteiger partial charge in [-0.1, -0.05) is 13.0 Å². The summed E-state index contributed by atoms with van der Waals surface area (Å²) in [5.41, 5.74) is 6.50. The van der Waals surface area contributed by atoms with Crippen molar-refractivity contribution in [2.24, 2.45) is 0 Å². The van der Waals surface area contributed by atoms with Crippen LogP contribution in [0.3, 0.4) is 0 Å². The lowest BCUT2D eigenvalue weighted by Crippen LogP contribution is -2.31. The predicted molar refractivity (Wildman–Crippen MR) is 90.3 cm³/mol. The molecule has 0 aliphatic carbocycles. The van der Waals surface area contributed by atoms with Crippen LogP contribution in [0.15, 0.2) is 29.6 Å². The van der Waals surface area contributed by atoms with Gasteiger partial charge in [-0.3, -0.25) is 0 Å². The van der Waals surface area contributed by atoms with Gasteiger partial charge in [-0.25, -0.2) is 0 Å². The monoisotopic (exact) mass is 305 g/mol. The molecule has 2 N–H and O–H groups in total. The highest BCUT2D eigenvalue weighted by Gasteiger charge is 2.14. The average molecular weight is 305 g/mol. The van der Waals surface area contributed by atoms with Crippen molar-refractivity contribution in [1.29, 1.82) is 0 Å². The first-order valence-electron chi connectivity index (χ1n) is 7.26. The van der Waals surface area contributed by atoms with Gasteiger partial charge < -0.3 is 15.4 Å². The van der Waals surface area contributed by atoms with Crippen molar-refractivity contribution in [1.82, 2.24) is 4.98 Å². The van der Waals surface area contributed by atoms with E-state index in [9.17, 15) is 0 Å². The van der Waals surface area contributed by atoms with Crippen molar-refractivity contribution in [3.8, 4) is 5.88 Å². The van der Waals surface area contributed by atoms with Crippen LogP contribution in [-0.2, 0) is 6.42 Å².